The number of hydrogen-bond donors (Lipinski definition) is 3. The summed E-state index contributed by atoms with van der Waals surface area (Å²) in [6.45, 7) is 11.3. The molecule has 13 heteroatoms. The van der Waals surface area contributed by atoms with E-state index in [1.807, 2.05) is 36.4 Å². The third-order valence-corrected chi connectivity index (χ3v) is 13.4. The summed E-state index contributed by atoms with van der Waals surface area (Å²) in [4.78, 5) is 15.2. The second-order valence-corrected chi connectivity index (χ2v) is 19.5. The minimum atomic E-state index is -4.15. The second kappa shape index (κ2) is 16.2. The van der Waals surface area contributed by atoms with Gasteiger partial charge in [0.25, 0.3) is 20.2 Å². The number of allylic oxidation sites excluding steroid dienone is 7. The third-order valence-electron chi connectivity index (χ3n) is 11.8. The highest BCUT2D eigenvalue weighted by molar-refractivity contribution is 7.86. The van der Waals surface area contributed by atoms with Crippen LogP contribution >= 0.6 is 0 Å². The summed E-state index contributed by atoms with van der Waals surface area (Å²) in [5.74, 6) is -0.718. The predicted molar refractivity (Wildman–Crippen MR) is 235 cm³/mol. The quantitative estimate of drug-likeness (QED) is 0.0885. The van der Waals surface area contributed by atoms with Gasteiger partial charge in [0.05, 0.1) is 29.2 Å². The summed E-state index contributed by atoms with van der Waals surface area (Å²) in [6.07, 6.45) is 9.31. The van der Waals surface area contributed by atoms with Crippen LogP contribution in [0.15, 0.2) is 120 Å². The molecule has 3 aliphatic rings. The molecule has 0 fully saturated rings. The van der Waals surface area contributed by atoms with E-state index in [0.717, 1.165) is 66.6 Å². The molecule has 11 nitrogen and oxygen atoms in total. The molecule has 0 bridgehead atoms. The van der Waals surface area contributed by atoms with Crippen molar-refractivity contribution >= 4 is 65.0 Å². The number of hydrogen-bond acceptors (Lipinski definition) is 7. The zero-order chi connectivity index (χ0) is 42.3. The van der Waals surface area contributed by atoms with Crippen molar-refractivity contribution in [2.45, 2.75) is 71.1 Å². The van der Waals surface area contributed by atoms with Crippen molar-refractivity contribution in [3.63, 3.8) is 0 Å². The first-order chi connectivity index (χ1) is 27.9. The Morgan fingerprint density at radius 2 is 1.42 bits per heavy atom. The Kier molecular flexibility index (Phi) is 11.5. The summed E-state index contributed by atoms with van der Waals surface area (Å²) in [6, 6.07) is 24.7. The summed E-state index contributed by atoms with van der Waals surface area (Å²) >= 11 is 0. The zero-order valence-corrected chi connectivity index (χ0v) is 35.8. The van der Waals surface area contributed by atoms with Crippen molar-refractivity contribution in [3.05, 3.63) is 131 Å². The Morgan fingerprint density at radius 3 is 2.08 bits per heavy atom. The number of fused-ring (bicyclic) bond motifs is 6. The minimum Gasteiger partial charge on any atom is -0.450 e. The van der Waals surface area contributed by atoms with Crippen LogP contribution in [0.2, 0.25) is 0 Å². The molecular weight excluding hydrogens is 787 g/mol. The van der Waals surface area contributed by atoms with Crippen molar-refractivity contribution in [1.29, 1.82) is 0 Å². The number of nitrogens with one attached hydrogen (secondary N) is 1. The van der Waals surface area contributed by atoms with E-state index in [0.29, 0.717) is 31.6 Å². The van der Waals surface area contributed by atoms with Crippen LogP contribution in [0.3, 0.4) is 0 Å². The van der Waals surface area contributed by atoms with Gasteiger partial charge in [0.1, 0.15) is 6.54 Å². The molecule has 0 aromatic heterocycles. The SMILES string of the molecule is CCOC(=O)NC1=C(C=CC2=[N+](CCCS(=O)(=O)O)c3ccc4ccccc4c3C2(C)C)CCC1=CC=C1N(CCCS(=O)(=O)O)c2ccc3ccccc3c2C1(C)C. The molecule has 1 aliphatic carbocycles. The van der Waals surface area contributed by atoms with E-state index in [1.54, 1.807) is 6.92 Å². The Bertz CT molecular complexity index is 2740. The number of ether oxygens (including phenoxy) is 1. The van der Waals surface area contributed by atoms with Crippen LogP contribution in [0.5, 0.6) is 0 Å². The smallest absolute Gasteiger partial charge is 0.411 e. The highest BCUT2D eigenvalue weighted by Gasteiger charge is 2.46. The van der Waals surface area contributed by atoms with Crippen molar-refractivity contribution < 1.29 is 40.0 Å². The van der Waals surface area contributed by atoms with E-state index < -0.39 is 37.2 Å². The van der Waals surface area contributed by atoms with Crippen LogP contribution in [0.4, 0.5) is 16.2 Å². The molecular formula is C46H52N3O8S2+. The van der Waals surface area contributed by atoms with Crippen LogP contribution in [0.25, 0.3) is 21.5 Å². The summed E-state index contributed by atoms with van der Waals surface area (Å²) < 4.78 is 73.6. The maximum atomic E-state index is 13.1. The van der Waals surface area contributed by atoms with Gasteiger partial charge in [0.2, 0.25) is 5.69 Å². The lowest BCUT2D eigenvalue weighted by atomic mass is 9.79. The minimum absolute atomic E-state index is 0.198. The lowest BCUT2D eigenvalue weighted by Crippen LogP contribution is -2.28. The van der Waals surface area contributed by atoms with Gasteiger partial charge < -0.3 is 9.64 Å². The van der Waals surface area contributed by atoms with Crippen molar-refractivity contribution in [3.8, 4) is 0 Å². The molecule has 0 atom stereocenters. The number of carbonyl (C=O) groups is 1. The monoisotopic (exact) mass is 838 g/mol. The zero-order valence-electron chi connectivity index (χ0n) is 34.2. The number of alkyl carbamates (subject to hydrolysis) is 1. The Morgan fingerprint density at radius 1 is 0.797 bits per heavy atom. The number of carbonyl (C=O) groups excluding carboxylic acids is 1. The number of amides is 1. The van der Waals surface area contributed by atoms with Crippen LogP contribution < -0.4 is 10.2 Å². The van der Waals surface area contributed by atoms with Gasteiger partial charge in [-0.25, -0.2) is 4.79 Å². The van der Waals surface area contributed by atoms with E-state index in [9.17, 15) is 30.7 Å². The number of benzene rings is 4. The summed E-state index contributed by atoms with van der Waals surface area (Å²) in [5.41, 5.74) is 7.63. The molecule has 59 heavy (non-hydrogen) atoms. The highest BCUT2D eigenvalue weighted by Crippen LogP contribution is 2.51. The molecule has 7 rings (SSSR count). The largest absolute Gasteiger partial charge is 0.450 e. The fourth-order valence-electron chi connectivity index (χ4n) is 9.21. The molecule has 3 N–H and O–H groups in total. The summed E-state index contributed by atoms with van der Waals surface area (Å²) in [7, 11) is -8.30. The highest BCUT2D eigenvalue weighted by atomic mass is 32.2. The van der Waals surface area contributed by atoms with Gasteiger partial charge in [-0.15, -0.1) is 0 Å². The van der Waals surface area contributed by atoms with Crippen LogP contribution in [0, 0.1) is 0 Å². The lowest BCUT2D eigenvalue weighted by Gasteiger charge is -2.27. The molecule has 2 heterocycles. The molecule has 4 aromatic rings. The van der Waals surface area contributed by atoms with E-state index in [2.05, 4.69) is 103 Å². The summed E-state index contributed by atoms with van der Waals surface area (Å²) in [5, 5.41) is 7.44. The number of anilines is 1. The third kappa shape index (κ3) is 8.52. The van der Waals surface area contributed by atoms with Crippen LogP contribution in [-0.2, 0) is 35.8 Å². The molecule has 0 saturated heterocycles. The Hall–Kier alpha value is -5.08. The average Bonchev–Trinajstić information content (AvgIpc) is 3.72. The van der Waals surface area contributed by atoms with Gasteiger partial charge in [-0.2, -0.15) is 21.4 Å². The van der Waals surface area contributed by atoms with Gasteiger partial charge in [0, 0.05) is 47.5 Å². The van der Waals surface area contributed by atoms with E-state index in [1.165, 1.54) is 0 Å². The second-order valence-electron chi connectivity index (χ2n) is 16.4. The first kappa shape index (κ1) is 42.1. The van der Waals surface area contributed by atoms with E-state index in [4.69, 9.17) is 4.74 Å². The number of rotatable bonds is 13. The number of nitrogens with zero attached hydrogens (tertiary/aromatic N) is 2. The van der Waals surface area contributed by atoms with Crippen molar-refractivity contribution in [2.75, 3.05) is 36.1 Å². The average molecular weight is 839 g/mol. The molecule has 4 aromatic carbocycles. The van der Waals surface area contributed by atoms with Gasteiger partial charge in [-0.3, -0.25) is 14.4 Å². The molecule has 0 radical (unpaired) electrons. The normalized spacial score (nSPS) is 18.9. The van der Waals surface area contributed by atoms with Gasteiger partial charge >= 0.3 is 6.09 Å². The fraction of sp³-hybridized carbons (Fsp3) is 0.348. The fourth-order valence-corrected chi connectivity index (χ4v) is 10.2. The molecule has 0 spiro atoms. The molecule has 0 saturated carbocycles. The predicted octanol–water partition coefficient (Wildman–Crippen LogP) is 8.88. The van der Waals surface area contributed by atoms with E-state index >= 15 is 0 Å². The maximum absolute atomic E-state index is 13.1. The Balaban J connectivity index is 1.31. The van der Waals surface area contributed by atoms with Crippen molar-refractivity contribution in [2.24, 2.45) is 0 Å². The Labute approximate surface area is 347 Å². The first-order valence-electron chi connectivity index (χ1n) is 20.0. The molecule has 2 aliphatic heterocycles. The van der Waals surface area contributed by atoms with E-state index in [-0.39, 0.29) is 31.0 Å². The van der Waals surface area contributed by atoms with Crippen LogP contribution in [0.1, 0.15) is 71.4 Å². The van der Waals surface area contributed by atoms with Crippen molar-refractivity contribution in [1.82, 2.24) is 5.32 Å². The van der Waals surface area contributed by atoms with Gasteiger partial charge in [-0.05, 0) is 96.5 Å². The molecule has 0 unspecified atom stereocenters. The van der Waals surface area contributed by atoms with Gasteiger partial charge in [-0.1, -0.05) is 80.6 Å². The maximum Gasteiger partial charge on any atom is 0.411 e. The van der Waals surface area contributed by atoms with Gasteiger partial charge in [0.15, 0.2) is 5.71 Å². The van der Waals surface area contributed by atoms with Crippen LogP contribution in [-0.4, -0.2) is 73.5 Å². The first-order valence-corrected chi connectivity index (χ1v) is 23.3. The topological polar surface area (TPSA) is 153 Å². The lowest BCUT2D eigenvalue weighted by molar-refractivity contribution is -0.437. The standard InChI is InChI=1S/C46H51N3O8S2/c1-6-57-44(50)47-43-33(21-25-39-45(2,3)41-35-15-9-7-13-31(35)19-23-37(41)48(39)27-11-29-58(51,52)53)17-18-34(43)22-26-40-46(4,5)42-36-16-10-8-14-32(36)20-24-38(42)49(40)28-12-30-59(54,55)56/h7-10,13-16,19-26H,6,11-12,17-18,27-30H2,1-5H3,(H2,51,52,53,54,55,56)/p+1. The molecule has 1 amide bonds. The molecule has 310 valence electrons.